The average Bonchev–Trinajstić information content (AvgIpc) is 2.63. The second-order valence-corrected chi connectivity index (χ2v) is 8.96. The molecule has 0 bridgehead atoms. The largest absolute Gasteiger partial charge is 0.306 e. The summed E-state index contributed by atoms with van der Waals surface area (Å²) < 4.78 is 0. The molecule has 0 radical (unpaired) electrons. The van der Waals surface area contributed by atoms with E-state index in [0.717, 1.165) is 23.7 Å². The van der Waals surface area contributed by atoms with Crippen molar-refractivity contribution in [3.8, 4) is 0 Å². The van der Waals surface area contributed by atoms with Crippen LogP contribution in [0.3, 0.4) is 0 Å². The molecule has 24 heavy (non-hydrogen) atoms. The highest BCUT2D eigenvalue weighted by Crippen LogP contribution is 2.32. The van der Waals surface area contributed by atoms with Gasteiger partial charge in [0.2, 0.25) is 0 Å². The van der Waals surface area contributed by atoms with Crippen molar-refractivity contribution in [2.24, 2.45) is 23.7 Å². The number of likely N-dealkylation sites (tertiary alicyclic amines) is 2. The Morgan fingerprint density at radius 2 is 1.21 bits per heavy atom. The standard InChI is InChI=1S/C22H40N2/c1-3-19-4-8-22(9-5-19)18-24-16-12-21(13-17-24)7-6-20-10-14-23(2)15-11-20/h6-7,19-22H,3-5,8-18H2,1-2H3. The minimum Gasteiger partial charge on any atom is -0.306 e. The number of allylic oxidation sites excluding steroid dienone is 2. The van der Waals surface area contributed by atoms with Crippen molar-refractivity contribution >= 4 is 0 Å². The lowest BCUT2D eigenvalue weighted by Crippen LogP contribution is -2.37. The summed E-state index contributed by atoms with van der Waals surface area (Å²) in [6.07, 6.45) is 18.1. The number of hydrogen-bond acceptors (Lipinski definition) is 2. The molecule has 1 saturated carbocycles. The number of piperidine rings is 2. The highest BCUT2D eigenvalue weighted by molar-refractivity contribution is 4.96. The van der Waals surface area contributed by atoms with E-state index >= 15 is 0 Å². The molecule has 2 saturated heterocycles. The summed E-state index contributed by atoms with van der Waals surface area (Å²) in [5.74, 6) is 3.75. The van der Waals surface area contributed by atoms with Gasteiger partial charge in [0.1, 0.15) is 0 Å². The van der Waals surface area contributed by atoms with Crippen LogP contribution in [-0.4, -0.2) is 49.6 Å². The van der Waals surface area contributed by atoms with Gasteiger partial charge in [-0.1, -0.05) is 38.3 Å². The predicted molar refractivity (Wildman–Crippen MR) is 104 cm³/mol. The Balaban J connectivity index is 1.32. The molecule has 0 unspecified atom stereocenters. The second kappa shape index (κ2) is 9.38. The first kappa shape index (κ1) is 18.5. The zero-order valence-electron chi connectivity index (χ0n) is 16.3. The van der Waals surface area contributed by atoms with Crippen LogP contribution >= 0.6 is 0 Å². The predicted octanol–water partition coefficient (Wildman–Crippen LogP) is 4.81. The van der Waals surface area contributed by atoms with Gasteiger partial charge in [0.05, 0.1) is 0 Å². The van der Waals surface area contributed by atoms with E-state index in [1.165, 1.54) is 90.5 Å². The van der Waals surface area contributed by atoms with Crippen molar-refractivity contribution in [2.75, 3.05) is 39.8 Å². The molecular weight excluding hydrogens is 292 g/mol. The van der Waals surface area contributed by atoms with Crippen molar-refractivity contribution in [3.05, 3.63) is 12.2 Å². The number of rotatable bonds is 5. The van der Waals surface area contributed by atoms with Crippen LogP contribution in [0.1, 0.15) is 64.7 Å². The fraction of sp³-hybridized carbons (Fsp3) is 0.909. The third-order valence-electron chi connectivity index (χ3n) is 7.11. The van der Waals surface area contributed by atoms with E-state index in [4.69, 9.17) is 0 Å². The number of hydrogen-bond donors (Lipinski definition) is 0. The molecule has 0 aromatic carbocycles. The van der Waals surface area contributed by atoms with Crippen molar-refractivity contribution in [3.63, 3.8) is 0 Å². The van der Waals surface area contributed by atoms with E-state index in [1.807, 2.05) is 0 Å². The molecule has 2 heterocycles. The summed E-state index contributed by atoms with van der Waals surface area (Å²) in [6.45, 7) is 9.02. The van der Waals surface area contributed by atoms with Crippen LogP contribution in [-0.2, 0) is 0 Å². The van der Waals surface area contributed by atoms with Crippen LogP contribution in [0.4, 0.5) is 0 Å². The van der Waals surface area contributed by atoms with Crippen LogP contribution in [0, 0.1) is 23.7 Å². The molecule has 0 atom stereocenters. The van der Waals surface area contributed by atoms with Crippen molar-refractivity contribution < 1.29 is 0 Å². The minimum absolute atomic E-state index is 0.855. The normalized spacial score (nSPS) is 32.6. The zero-order valence-corrected chi connectivity index (χ0v) is 16.3. The Kier molecular flexibility index (Phi) is 7.21. The summed E-state index contributed by atoms with van der Waals surface area (Å²) in [5, 5.41) is 0. The summed E-state index contributed by atoms with van der Waals surface area (Å²) in [5.41, 5.74) is 0. The Labute approximate surface area is 150 Å². The third kappa shape index (κ3) is 5.59. The molecule has 2 nitrogen and oxygen atoms in total. The molecule has 0 amide bonds. The van der Waals surface area contributed by atoms with Crippen LogP contribution in [0.25, 0.3) is 0 Å². The van der Waals surface area contributed by atoms with Gasteiger partial charge in [0.25, 0.3) is 0 Å². The van der Waals surface area contributed by atoms with Gasteiger partial charge < -0.3 is 9.80 Å². The molecule has 0 aromatic heterocycles. The molecule has 0 aromatic rings. The van der Waals surface area contributed by atoms with Gasteiger partial charge in [-0.25, -0.2) is 0 Å². The van der Waals surface area contributed by atoms with Crippen LogP contribution in [0.15, 0.2) is 12.2 Å². The van der Waals surface area contributed by atoms with Gasteiger partial charge in [-0.3, -0.25) is 0 Å². The monoisotopic (exact) mass is 332 g/mol. The first-order valence-corrected chi connectivity index (χ1v) is 10.8. The molecule has 3 rings (SSSR count). The van der Waals surface area contributed by atoms with E-state index in [-0.39, 0.29) is 0 Å². The Bertz CT molecular complexity index is 367. The minimum atomic E-state index is 0.855. The van der Waals surface area contributed by atoms with Gasteiger partial charge in [-0.05, 0) is 95.4 Å². The van der Waals surface area contributed by atoms with Gasteiger partial charge in [0.15, 0.2) is 0 Å². The molecule has 0 N–H and O–H groups in total. The summed E-state index contributed by atoms with van der Waals surface area (Å²) in [7, 11) is 2.25. The third-order valence-corrected chi connectivity index (χ3v) is 7.11. The van der Waals surface area contributed by atoms with Crippen molar-refractivity contribution in [2.45, 2.75) is 64.7 Å². The lowest BCUT2D eigenvalue weighted by atomic mass is 9.80. The zero-order chi connectivity index (χ0) is 16.8. The second-order valence-electron chi connectivity index (χ2n) is 8.96. The summed E-state index contributed by atoms with van der Waals surface area (Å²) in [4.78, 5) is 5.24. The smallest absolute Gasteiger partial charge is 0.000967 e. The summed E-state index contributed by atoms with van der Waals surface area (Å²) >= 11 is 0. The molecule has 138 valence electrons. The maximum atomic E-state index is 2.77. The van der Waals surface area contributed by atoms with Crippen LogP contribution in [0.5, 0.6) is 0 Å². The fourth-order valence-corrected chi connectivity index (χ4v) is 5.05. The molecule has 2 aliphatic heterocycles. The molecule has 1 aliphatic carbocycles. The van der Waals surface area contributed by atoms with E-state index in [0.29, 0.717) is 0 Å². The van der Waals surface area contributed by atoms with Crippen molar-refractivity contribution in [1.82, 2.24) is 9.80 Å². The highest BCUT2D eigenvalue weighted by atomic mass is 15.1. The molecule has 2 heteroatoms. The maximum absolute atomic E-state index is 2.77. The van der Waals surface area contributed by atoms with Gasteiger partial charge in [-0.15, -0.1) is 0 Å². The maximum Gasteiger partial charge on any atom is 0.000967 e. The number of nitrogens with zero attached hydrogens (tertiary/aromatic N) is 2. The Morgan fingerprint density at radius 1 is 0.708 bits per heavy atom. The Morgan fingerprint density at radius 3 is 1.75 bits per heavy atom. The molecule has 3 aliphatic rings. The quantitative estimate of drug-likeness (QED) is 0.666. The first-order valence-electron chi connectivity index (χ1n) is 10.8. The molecule has 0 spiro atoms. The lowest BCUT2D eigenvalue weighted by Gasteiger charge is -2.36. The van der Waals surface area contributed by atoms with E-state index in [1.54, 1.807) is 0 Å². The van der Waals surface area contributed by atoms with Crippen molar-refractivity contribution in [1.29, 1.82) is 0 Å². The summed E-state index contributed by atoms with van der Waals surface area (Å²) in [6, 6.07) is 0. The SMILES string of the molecule is CCC1CCC(CN2CCC(C=CC3CCN(C)CC3)CC2)CC1. The van der Waals surface area contributed by atoms with Crippen LogP contribution < -0.4 is 0 Å². The van der Waals surface area contributed by atoms with Crippen LogP contribution in [0.2, 0.25) is 0 Å². The molecule has 3 fully saturated rings. The Hall–Kier alpha value is -0.340. The average molecular weight is 333 g/mol. The van der Waals surface area contributed by atoms with E-state index < -0.39 is 0 Å². The molecular formula is C22H40N2. The topological polar surface area (TPSA) is 6.48 Å². The van der Waals surface area contributed by atoms with Gasteiger partial charge >= 0.3 is 0 Å². The van der Waals surface area contributed by atoms with Gasteiger partial charge in [0, 0.05) is 6.54 Å². The fourth-order valence-electron chi connectivity index (χ4n) is 5.05. The first-order chi connectivity index (χ1) is 11.7. The highest BCUT2D eigenvalue weighted by Gasteiger charge is 2.24. The van der Waals surface area contributed by atoms with E-state index in [2.05, 4.69) is 35.9 Å². The van der Waals surface area contributed by atoms with Gasteiger partial charge in [-0.2, -0.15) is 0 Å². The lowest BCUT2D eigenvalue weighted by molar-refractivity contribution is 0.145. The van der Waals surface area contributed by atoms with E-state index in [9.17, 15) is 0 Å².